The minimum absolute atomic E-state index is 0.00560. The quantitative estimate of drug-likeness (QED) is 0.839. The van der Waals surface area contributed by atoms with Gasteiger partial charge in [-0.25, -0.2) is 0 Å². The van der Waals surface area contributed by atoms with Gasteiger partial charge in [-0.15, -0.1) is 0 Å². The zero-order chi connectivity index (χ0) is 18.4. The minimum atomic E-state index is -0.359. The highest BCUT2D eigenvalue weighted by Crippen LogP contribution is 2.10. The third kappa shape index (κ3) is 5.46. The third-order valence-electron chi connectivity index (χ3n) is 4.10. The van der Waals surface area contributed by atoms with Crippen molar-refractivity contribution in [2.75, 3.05) is 26.0 Å². The minimum Gasteiger partial charge on any atom is -0.468 e. The summed E-state index contributed by atoms with van der Waals surface area (Å²) >= 11 is 0. The standard InChI is InChI=1S/C19H25N3O3/c1-14-7-9-16(10-8-14)20-18(23)13-22(4)19(24)15(2)21(3)12-17-6-5-11-25-17/h5-11,15H,12-13H2,1-4H3,(H,20,23)/t15-/m1/s1. The zero-order valence-corrected chi connectivity index (χ0v) is 15.2. The van der Waals surface area contributed by atoms with Gasteiger partial charge in [0.25, 0.3) is 0 Å². The number of anilines is 1. The van der Waals surface area contributed by atoms with Crippen LogP contribution in [0.2, 0.25) is 0 Å². The van der Waals surface area contributed by atoms with Crippen molar-refractivity contribution in [3.63, 3.8) is 0 Å². The van der Waals surface area contributed by atoms with Crippen molar-refractivity contribution >= 4 is 17.5 Å². The van der Waals surface area contributed by atoms with E-state index in [1.54, 1.807) is 13.3 Å². The molecule has 2 amide bonds. The first-order valence-electron chi connectivity index (χ1n) is 8.21. The Kier molecular flexibility index (Phi) is 6.36. The Hall–Kier alpha value is -2.60. The molecule has 1 aromatic carbocycles. The Balaban J connectivity index is 1.85. The van der Waals surface area contributed by atoms with Crippen LogP contribution in [0.3, 0.4) is 0 Å². The Morgan fingerprint density at radius 2 is 1.84 bits per heavy atom. The van der Waals surface area contributed by atoms with Gasteiger partial charge in [-0.05, 0) is 45.2 Å². The largest absolute Gasteiger partial charge is 0.468 e. The molecule has 0 bridgehead atoms. The topological polar surface area (TPSA) is 65.8 Å². The number of likely N-dealkylation sites (N-methyl/N-ethyl adjacent to an activating group) is 2. The number of nitrogens with zero attached hydrogens (tertiary/aromatic N) is 2. The maximum atomic E-state index is 12.5. The van der Waals surface area contributed by atoms with Gasteiger partial charge in [-0.3, -0.25) is 14.5 Å². The molecule has 0 spiro atoms. The van der Waals surface area contributed by atoms with E-state index < -0.39 is 0 Å². The van der Waals surface area contributed by atoms with Gasteiger partial charge >= 0.3 is 0 Å². The maximum Gasteiger partial charge on any atom is 0.243 e. The van der Waals surface area contributed by atoms with Crippen LogP contribution in [0.5, 0.6) is 0 Å². The van der Waals surface area contributed by atoms with Crippen LogP contribution < -0.4 is 5.32 Å². The van der Waals surface area contributed by atoms with E-state index in [2.05, 4.69) is 5.32 Å². The monoisotopic (exact) mass is 343 g/mol. The molecule has 0 aliphatic rings. The average Bonchev–Trinajstić information content (AvgIpc) is 3.08. The Bertz CT molecular complexity index is 695. The summed E-state index contributed by atoms with van der Waals surface area (Å²) in [5.41, 5.74) is 1.85. The van der Waals surface area contributed by atoms with Crippen molar-refractivity contribution in [3.8, 4) is 0 Å². The van der Waals surface area contributed by atoms with Crippen molar-refractivity contribution in [1.29, 1.82) is 0 Å². The molecule has 0 saturated heterocycles. The van der Waals surface area contributed by atoms with Gasteiger partial charge in [0.1, 0.15) is 5.76 Å². The van der Waals surface area contributed by atoms with Crippen LogP contribution in [-0.2, 0) is 16.1 Å². The Morgan fingerprint density at radius 1 is 1.16 bits per heavy atom. The van der Waals surface area contributed by atoms with E-state index in [0.29, 0.717) is 6.54 Å². The van der Waals surface area contributed by atoms with Crippen LogP contribution >= 0.6 is 0 Å². The van der Waals surface area contributed by atoms with Gasteiger partial charge < -0.3 is 14.6 Å². The fourth-order valence-electron chi connectivity index (χ4n) is 2.42. The molecule has 0 unspecified atom stereocenters. The molecule has 0 saturated carbocycles. The number of carbonyl (C=O) groups is 2. The van der Waals surface area contributed by atoms with Crippen molar-refractivity contribution < 1.29 is 14.0 Å². The summed E-state index contributed by atoms with van der Waals surface area (Å²) in [4.78, 5) is 28.0. The predicted molar refractivity (Wildman–Crippen MR) is 97.1 cm³/mol. The first kappa shape index (κ1) is 18.7. The lowest BCUT2D eigenvalue weighted by Crippen LogP contribution is -2.46. The van der Waals surface area contributed by atoms with E-state index in [-0.39, 0.29) is 24.4 Å². The molecule has 6 heteroatoms. The molecule has 1 aromatic heterocycles. The number of furan rings is 1. The summed E-state index contributed by atoms with van der Waals surface area (Å²) in [6, 6.07) is 10.9. The summed E-state index contributed by atoms with van der Waals surface area (Å²) in [6.45, 7) is 4.34. The van der Waals surface area contributed by atoms with Gasteiger partial charge in [0, 0.05) is 12.7 Å². The lowest BCUT2D eigenvalue weighted by Gasteiger charge is -2.27. The fraction of sp³-hybridized carbons (Fsp3) is 0.368. The first-order valence-corrected chi connectivity index (χ1v) is 8.21. The smallest absolute Gasteiger partial charge is 0.243 e. The number of amides is 2. The summed E-state index contributed by atoms with van der Waals surface area (Å²) in [5, 5.41) is 2.80. The number of carbonyl (C=O) groups excluding carboxylic acids is 2. The van der Waals surface area contributed by atoms with Crippen molar-refractivity contribution in [1.82, 2.24) is 9.80 Å². The Labute approximate surface area is 148 Å². The Morgan fingerprint density at radius 3 is 2.44 bits per heavy atom. The summed E-state index contributed by atoms with van der Waals surface area (Å²) in [5.74, 6) is 0.454. The molecular weight excluding hydrogens is 318 g/mol. The summed E-state index contributed by atoms with van der Waals surface area (Å²) in [7, 11) is 3.49. The van der Waals surface area contributed by atoms with Gasteiger partial charge in [-0.2, -0.15) is 0 Å². The molecule has 0 radical (unpaired) electrons. The SMILES string of the molecule is Cc1ccc(NC(=O)CN(C)C(=O)[C@@H](C)N(C)Cc2ccco2)cc1. The van der Waals surface area contributed by atoms with E-state index in [0.717, 1.165) is 17.0 Å². The van der Waals surface area contributed by atoms with E-state index >= 15 is 0 Å². The van der Waals surface area contributed by atoms with Crippen LogP contribution in [0.1, 0.15) is 18.2 Å². The number of hydrogen-bond donors (Lipinski definition) is 1. The highest BCUT2D eigenvalue weighted by Gasteiger charge is 2.23. The molecular formula is C19H25N3O3. The van der Waals surface area contributed by atoms with E-state index in [1.807, 2.05) is 62.2 Å². The fourth-order valence-corrected chi connectivity index (χ4v) is 2.42. The second-order valence-corrected chi connectivity index (χ2v) is 6.28. The molecule has 25 heavy (non-hydrogen) atoms. The molecule has 2 aromatic rings. The highest BCUT2D eigenvalue weighted by atomic mass is 16.3. The van der Waals surface area contributed by atoms with Crippen LogP contribution in [-0.4, -0.2) is 48.3 Å². The predicted octanol–water partition coefficient (Wildman–Crippen LogP) is 2.51. The second kappa shape index (κ2) is 8.48. The van der Waals surface area contributed by atoms with Crippen molar-refractivity contribution in [2.24, 2.45) is 0 Å². The van der Waals surface area contributed by atoms with Crippen LogP contribution in [0, 0.1) is 6.92 Å². The summed E-state index contributed by atoms with van der Waals surface area (Å²) < 4.78 is 5.30. The average molecular weight is 343 g/mol. The van der Waals surface area contributed by atoms with Crippen LogP contribution in [0.15, 0.2) is 47.1 Å². The molecule has 2 rings (SSSR count). The highest BCUT2D eigenvalue weighted by molar-refractivity contribution is 5.95. The molecule has 134 valence electrons. The van der Waals surface area contributed by atoms with Gasteiger partial charge in [0.15, 0.2) is 0 Å². The molecule has 0 aliphatic carbocycles. The molecule has 1 heterocycles. The first-order chi connectivity index (χ1) is 11.9. The van der Waals surface area contributed by atoms with Gasteiger partial charge in [0.05, 0.1) is 25.4 Å². The molecule has 6 nitrogen and oxygen atoms in total. The molecule has 0 fully saturated rings. The van der Waals surface area contributed by atoms with E-state index in [4.69, 9.17) is 4.42 Å². The zero-order valence-electron chi connectivity index (χ0n) is 15.2. The number of hydrogen-bond acceptors (Lipinski definition) is 4. The van der Waals surface area contributed by atoms with E-state index in [9.17, 15) is 9.59 Å². The van der Waals surface area contributed by atoms with Crippen molar-refractivity contribution in [3.05, 3.63) is 54.0 Å². The molecule has 1 N–H and O–H groups in total. The van der Waals surface area contributed by atoms with Gasteiger partial charge in [-0.1, -0.05) is 17.7 Å². The molecule has 0 aliphatic heterocycles. The molecule has 1 atom stereocenters. The number of nitrogens with one attached hydrogen (secondary N) is 1. The van der Waals surface area contributed by atoms with Crippen LogP contribution in [0.25, 0.3) is 0 Å². The number of benzene rings is 1. The normalized spacial score (nSPS) is 12.0. The van der Waals surface area contributed by atoms with Gasteiger partial charge in [0.2, 0.25) is 11.8 Å². The maximum absolute atomic E-state index is 12.5. The van der Waals surface area contributed by atoms with Crippen LogP contribution in [0.4, 0.5) is 5.69 Å². The third-order valence-corrected chi connectivity index (χ3v) is 4.10. The van der Waals surface area contributed by atoms with Crippen molar-refractivity contribution in [2.45, 2.75) is 26.4 Å². The summed E-state index contributed by atoms with van der Waals surface area (Å²) in [6.07, 6.45) is 1.61. The number of aryl methyl sites for hydroxylation is 1. The second-order valence-electron chi connectivity index (χ2n) is 6.28. The lowest BCUT2D eigenvalue weighted by atomic mass is 10.2. The lowest BCUT2D eigenvalue weighted by molar-refractivity contribution is -0.137. The number of rotatable bonds is 7. The van der Waals surface area contributed by atoms with E-state index in [1.165, 1.54) is 4.90 Å².